The van der Waals surface area contributed by atoms with Gasteiger partial charge in [-0.05, 0) is 37.8 Å². The van der Waals surface area contributed by atoms with Crippen LogP contribution in [0.4, 0.5) is 0 Å². The van der Waals surface area contributed by atoms with Gasteiger partial charge in [-0.15, -0.1) is 0 Å². The molecular weight excluding hydrogens is 534 g/mol. The van der Waals surface area contributed by atoms with Gasteiger partial charge >= 0.3 is 0 Å². The fourth-order valence-corrected chi connectivity index (χ4v) is 5.21. The van der Waals surface area contributed by atoms with Crippen molar-refractivity contribution >= 4 is 5.91 Å². The van der Waals surface area contributed by atoms with Crippen LogP contribution in [0.3, 0.4) is 0 Å². The molecule has 6 unspecified atom stereocenters. The summed E-state index contributed by atoms with van der Waals surface area (Å²) < 4.78 is 23.7. The molecule has 0 spiro atoms. The number of nitrogens with one attached hydrogen (secondary N) is 1. The van der Waals surface area contributed by atoms with E-state index in [2.05, 4.69) is 15.3 Å². The molecule has 2 saturated heterocycles. The average molecular weight is 578 g/mol. The molecule has 0 bridgehead atoms. The Kier molecular flexibility index (Phi) is 12.2. The first-order valence-electron chi connectivity index (χ1n) is 13.3. The zero-order valence-corrected chi connectivity index (χ0v) is 22.1. The van der Waals surface area contributed by atoms with E-state index in [-0.39, 0.29) is 32.0 Å². The number of rotatable bonds is 11. The molecule has 2 heterocycles. The lowest BCUT2D eigenvalue weighted by atomic mass is 9.82. The zero-order chi connectivity index (χ0) is 29.6. The fraction of sp³-hybridized carbons (Fsp3) is 0.955. The zero-order valence-electron chi connectivity index (χ0n) is 22.1. The number of aliphatic hydroxyl groups is 4. The summed E-state index contributed by atoms with van der Waals surface area (Å²) in [5.41, 5.74) is 39.3. The normalized spacial score (nSPS) is 43.0. The van der Waals surface area contributed by atoms with Gasteiger partial charge in [-0.1, -0.05) is 5.11 Å². The molecule has 3 fully saturated rings. The van der Waals surface area contributed by atoms with Crippen LogP contribution in [0.2, 0.25) is 0 Å². The first-order chi connectivity index (χ1) is 19.1. The molecule has 3 rings (SSSR count). The van der Waals surface area contributed by atoms with E-state index in [1.807, 2.05) is 0 Å². The Morgan fingerprint density at radius 2 is 1.77 bits per heavy atom. The van der Waals surface area contributed by atoms with Crippen molar-refractivity contribution in [3.8, 4) is 0 Å². The molecule has 3 aliphatic rings. The molecule has 0 aromatic heterocycles. The predicted molar refractivity (Wildman–Crippen MR) is 138 cm³/mol. The maximum atomic E-state index is 12.7. The third-order valence-electron chi connectivity index (χ3n) is 7.55. The van der Waals surface area contributed by atoms with Crippen molar-refractivity contribution in [2.24, 2.45) is 33.8 Å². The average Bonchev–Trinajstić information content (AvgIpc) is 2.93. The smallest absolute Gasteiger partial charge is 0.249 e. The third-order valence-corrected chi connectivity index (χ3v) is 7.55. The molecular formula is C22H43N9O9. The van der Waals surface area contributed by atoms with Crippen molar-refractivity contribution < 1.29 is 44.2 Å². The predicted octanol–water partition coefficient (Wildman–Crippen LogP) is -5.08. The molecule has 230 valence electrons. The van der Waals surface area contributed by atoms with Gasteiger partial charge in [-0.2, -0.15) is 0 Å². The molecule has 0 aromatic carbocycles. The number of nitrogens with two attached hydrogens (primary N) is 5. The molecule has 2 aliphatic heterocycles. The summed E-state index contributed by atoms with van der Waals surface area (Å²) in [7, 11) is 0. The number of azide groups is 1. The number of aliphatic hydroxyl groups excluding tert-OH is 4. The number of hydrogen-bond acceptors (Lipinski definition) is 15. The molecule has 1 aliphatic carbocycles. The topological polar surface area (TPSA) is 326 Å². The molecule has 18 heteroatoms. The Labute approximate surface area is 231 Å². The van der Waals surface area contributed by atoms with Gasteiger partial charge < -0.3 is 73.4 Å². The number of ether oxygens (including phenoxy) is 4. The summed E-state index contributed by atoms with van der Waals surface area (Å²) in [6, 6.07) is -4.83. The van der Waals surface area contributed by atoms with Gasteiger partial charge in [0.15, 0.2) is 12.6 Å². The second-order valence-corrected chi connectivity index (χ2v) is 10.4. The van der Waals surface area contributed by atoms with Crippen molar-refractivity contribution in [3.63, 3.8) is 0 Å². The second kappa shape index (κ2) is 14.9. The highest BCUT2D eigenvalue weighted by Gasteiger charge is 2.51. The third kappa shape index (κ3) is 7.55. The van der Waals surface area contributed by atoms with Gasteiger partial charge in [0.2, 0.25) is 5.91 Å². The monoisotopic (exact) mass is 577 g/mol. The van der Waals surface area contributed by atoms with Crippen LogP contribution in [0, 0.1) is 0 Å². The number of amides is 1. The summed E-state index contributed by atoms with van der Waals surface area (Å²) in [6.07, 6.45) is -9.46. The largest absolute Gasteiger partial charge is 0.394 e. The van der Waals surface area contributed by atoms with Gasteiger partial charge in [-0.3, -0.25) is 4.79 Å². The molecule has 15 N–H and O–H groups in total. The fourth-order valence-electron chi connectivity index (χ4n) is 5.21. The maximum absolute atomic E-state index is 12.7. The summed E-state index contributed by atoms with van der Waals surface area (Å²) in [5.74, 6) is -0.774. The molecule has 1 saturated carbocycles. The van der Waals surface area contributed by atoms with Gasteiger partial charge in [0.25, 0.3) is 0 Å². The van der Waals surface area contributed by atoms with Crippen LogP contribution in [0.1, 0.15) is 25.7 Å². The van der Waals surface area contributed by atoms with Crippen molar-refractivity contribution in [2.45, 2.75) is 111 Å². The minimum atomic E-state index is -1.57. The maximum Gasteiger partial charge on any atom is 0.249 e. The van der Waals surface area contributed by atoms with Crippen LogP contribution in [-0.2, 0) is 23.7 Å². The Morgan fingerprint density at radius 1 is 1.07 bits per heavy atom. The SMILES string of the molecule is [N-]=[N+]=NC1C(O[C@H]2OC(CN)CCC2N)[C@@H](N)C[C@@H](NC(=O)[C@@H](O)CCN)[C@@H]1O[C@H]1OC(CO)[C@H](O)[C@H](N)C1O. The molecule has 14 atom stereocenters. The van der Waals surface area contributed by atoms with E-state index in [1.54, 1.807) is 0 Å². The van der Waals surface area contributed by atoms with E-state index in [4.69, 9.17) is 47.6 Å². The summed E-state index contributed by atoms with van der Waals surface area (Å²) in [5, 5.41) is 47.2. The quantitative estimate of drug-likeness (QED) is 0.0624. The van der Waals surface area contributed by atoms with Crippen LogP contribution < -0.4 is 34.0 Å². The standard InChI is InChI=1S/C22H43N9O9/c23-4-3-12(33)20(36)29-11-5-10(26)18(39-21-9(25)2-1-8(6-24)37-21)15(30-31-28)19(11)40-22-17(35)14(27)16(34)13(7-32)38-22/h8-19,21-22,32-35H,1-7,23-27H2,(H,29,36)/t8?,9?,10-,11+,12-,13?,14-,15?,16-,17?,18?,19-,21+,22+/m0/s1. The van der Waals surface area contributed by atoms with Crippen LogP contribution in [0.5, 0.6) is 0 Å². The van der Waals surface area contributed by atoms with Gasteiger partial charge in [0, 0.05) is 17.5 Å². The summed E-state index contributed by atoms with van der Waals surface area (Å²) in [6.45, 7) is -0.345. The lowest BCUT2D eigenvalue weighted by Gasteiger charge is -2.48. The highest BCUT2D eigenvalue weighted by Crippen LogP contribution is 2.33. The van der Waals surface area contributed by atoms with Crippen molar-refractivity contribution in [2.75, 3.05) is 19.7 Å². The molecule has 1 amide bonds. The van der Waals surface area contributed by atoms with E-state index < -0.39 is 91.9 Å². The van der Waals surface area contributed by atoms with Crippen molar-refractivity contribution in [3.05, 3.63) is 10.4 Å². The highest BCUT2D eigenvalue weighted by atomic mass is 16.7. The van der Waals surface area contributed by atoms with Crippen LogP contribution in [0.15, 0.2) is 5.11 Å². The first-order valence-corrected chi connectivity index (χ1v) is 13.3. The Hall–Kier alpha value is -1.74. The number of carbonyl (C=O) groups excluding carboxylic acids is 1. The minimum Gasteiger partial charge on any atom is -0.394 e. The van der Waals surface area contributed by atoms with E-state index >= 15 is 0 Å². The van der Waals surface area contributed by atoms with Gasteiger partial charge in [0.05, 0.1) is 49.1 Å². The Bertz CT molecular complexity index is 870. The van der Waals surface area contributed by atoms with Crippen LogP contribution in [-0.4, -0.2) is 132 Å². The number of carbonyl (C=O) groups is 1. The lowest BCUT2D eigenvalue weighted by Crippen LogP contribution is -2.68. The summed E-state index contributed by atoms with van der Waals surface area (Å²) in [4.78, 5) is 15.6. The second-order valence-electron chi connectivity index (χ2n) is 10.4. The Morgan fingerprint density at radius 3 is 2.40 bits per heavy atom. The summed E-state index contributed by atoms with van der Waals surface area (Å²) >= 11 is 0. The molecule has 0 radical (unpaired) electrons. The van der Waals surface area contributed by atoms with Crippen molar-refractivity contribution in [1.29, 1.82) is 0 Å². The van der Waals surface area contributed by atoms with Crippen molar-refractivity contribution in [1.82, 2.24) is 5.32 Å². The lowest BCUT2D eigenvalue weighted by molar-refractivity contribution is -0.301. The van der Waals surface area contributed by atoms with Crippen LogP contribution in [0.25, 0.3) is 10.4 Å². The molecule has 18 nitrogen and oxygen atoms in total. The Balaban J connectivity index is 1.92. The number of nitrogens with zero attached hydrogens (tertiary/aromatic N) is 3. The van der Waals surface area contributed by atoms with E-state index in [0.29, 0.717) is 12.8 Å². The van der Waals surface area contributed by atoms with Gasteiger partial charge in [-0.25, -0.2) is 0 Å². The highest BCUT2D eigenvalue weighted by molar-refractivity contribution is 5.80. The minimum absolute atomic E-state index is 0.0110. The molecule has 40 heavy (non-hydrogen) atoms. The van der Waals surface area contributed by atoms with Crippen LogP contribution >= 0.6 is 0 Å². The first kappa shape index (κ1) is 32.8. The number of hydrogen-bond donors (Lipinski definition) is 10. The van der Waals surface area contributed by atoms with E-state index in [1.165, 1.54) is 0 Å². The van der Waals surface area contributed by atoms with E-state index in [9.17, 15) is 30.8 Å². The molecule has 0 aromatic rings. The van der Waals surface area contributed by atoms with E-state index in [0.717, 1.165) is 0 Å². The van der Waals surface area contributed by atoms with Gasteiger partial charge in [0.1, 0.15) is 24.4 Å².